The van der Waals surface area contributed by atoms with Gasteiger partial charge in [0, 0.05) is 6.54 Å². The smallest absolute Gasteiger partial charge is 0.397 e. The fourth-order valence-corrected chi connectivity index (χ4v) is 1.40. The highest BCUT2D eigenvalue weighted by Crippen LogP contribution is 2.20. The number of aliphatic hydroxyl groups excluding tert-OH is 1. The van der Waals surface area contributed by atoms with Gasteiger partial charge in [0.25, 0.3) is 0 Å². The summed E-state index contributed by atoms with van der Waals surface area (Å²) < 4.78 is 40.6. The molecule has 1 rings (SSSR count). The van der Waals surface area contributed by atoms with Crippen molar-refractivity contribution in [1.82, 2.24) is 5.32 Å². The first kappa shape index (κ1) is 15.3. The van der Waals surface area contributed by atoms with E-state index in [0.717, 1.165) is 0 Å². The summed E-state index contributed by atoms with van der Waals surface area (Å²) in [5.74, 6) is -0.572. The van der Waals surface area contributed by atoms with E-state index in [1.54, 1.807) is 24.3 Å². The predicted molar refractivity (Wildman–Crippen MR) is 61.6 cm³/mol. The molecule has 7 heteroatoms. The summed E-state index contributed by atoms with van der Waals surface area (Å²) in [7, 11) is 1.49. The molecule has 0 aromatic heterocycles. The first-order chi connectivity index (χ1) is 8.81. The van der Waals surface area contributed by atoms with Gasteiger partial charge in [0.15, 0.2) is 0 Å². The van der Waals surface area contributed by atoms with E-state index in [-0.39, 0.29) is 6.54 Å². The molecule has 1 unspecified atom stereocenters. The third-order valence-electron chi connectivity index (χ3n) is 2.35. The van der Waals surface area contributed by atoms with Gasteiger partial charge in [0.2, 0.25) is 5.91 Å². The van der Waals surface area contributed by atoms with Gasteiger partial charge in [-0.15, -0.1) is 0 Å². The van der Waals surface area contributed by atoms with Gasteiger partial charge in [-0.1, -0.05) is 12.1 Å². The minimum atomic E-state index is -4.55. The lowest BCUT2D eigenvalue weighted by molar-refractivity contribution is -0.154. The zero-order valence-corrected chi connectivity index (χ0v) is 10.2. The van der Waals surface area contributed by atoms with Crippen LogP contribution in [0.25, 0.3) is 0 Å². The molecule has 0 fully saturated rings. The molecule has 0 aliphatic rings. The number of rotatable bonds is 5. The van der Waals surface area contributed by atoms with Crippen molar-refractivity contribution in [2.45, 2.75) is 18.7 Å². The molecule has 1 atom stereocenters. The number of methoxy groups -OCH3 is 1. The van der Waals surface area contributed by atoms with E-state index in [9.17, 15) is 23.1 Å². The number of nitrogens with one attached hydrogen (secondary N) is 1. The van der Waals surface area contributed by atoms with Crippen molar-refractivity contribution in [2.75, 3.05) is 13.7 Å². The molecule has 106 valence electrons. The average molecular weight is 277 g/mol. The van der Waals surface area contributed by atoms with E-state index in [4.69, 9.17) is 4.74 Å². The maximum atomic E-state index is 11.9. The quantitative estimate of drug-likeness (QED) is 0.862. The number of alkyl halides is 3. The molecule has 1 aromatic rings. The Bertz CT molecular complexity index is 417. The number of aliphatic hydroxyl groups is 1. The molecule has 0 heterocycles. The second-order valence-electron chi connectivity index (χ2n) is 3.88. The Hall–Kier alpha value is -1.76. The van der Waals surface area contributed by atoms with Gasteiger partial charge in [-0.05, 0) is 17.7 Å². The number of carbonyl (C=O) groups is 1. The number of benzene rings is 1. The molecular formula is C12H14F3NO3. The van der Waals surface area contributed by atoms with Crippen LogP contribution in [0.2, 0.25) is 0 Å². The van der Waals surface area contributed by atoms with Crippen LogP contribution in [-0.2, 0) is 4.79 Å². The Morgan fingerprint density at radius 3 is 2.42 bits per heavy atom. The number of halogens is 3. The number of hydrogen-bond acceptors (Lipinski definition) is 3. The summed E-state index contributed by atoms with van der Waals surface area (Å²) in [6, 6.07) is 6.35. The number of amides is 1. The lowest BCUT2D eigenvalue weighted by atomic mass is 10.1. The summed E-state index contributed by atoms with van der Waals surface area (Å²) in [6.07, 6.45) is -7.17. The van der Waals surface area contributed by atoms with Gasteiger partial charge in [-0.3, -0.25) is 4.79 Å². The van der Waals surface area contributed by atoms with Gasteiger partial charge >= 0.3 is 6.18 Å². The average Bonchev–Trinajstić information content (AvgIpc) is 2.34. The second kappa shape index (κ2) is 6.42. The maximum Gasteiger partial charge on any atom is 0.397 e. The molecule has 0 aliphatic carbocycles. The lowest BCUT2D eigenvalue weighted by Crippen LogP contribution is -2.31. The van der Waals surface area contributed by atoms with E-state index in [2.05, 4.69) is 0 Å². The summed E-state index contributed by atoms with van der Waals surface area (Å²) in [5, 5.41) is 11.7. The topological polar surface area (TPSA) is 58.6 Å². The SMILES string of the molecule is COc1ccc(C(O)CNC(=O)CC(F)(F)F)cc1. The van der Waals surface area contributed by atoms with Crippen molar-refractivity contribution in [1.29, 1.82) is 0 Å². The van der Waals surface area contributed by atoms with E-state index >= 15 is 0 Å². The first-order valence-electron chi connectivity index (χ1n) is 5.47. The molecule has 0 bridgehead atoms. The van der Waals surface area contributed by atoms with Gasteiger partial charge in [0.1, 0.15) is 12.2 Å². The van der Waals surface area contributed by atoms with Crippen molar-refractivity contribution < 1.29 is 27.8 Å². The molecule has 1 amide bonds. The van der Waals surface area contributed by atoms with Crippen LogP contribution < -0.4 is 10.1 Å². The largest absolute Gasteiger partial charge is 0.497 e. The molecule has 4 nitrogen and oxygen atoms in total. The third-order valence-corrected chi connectivity index (χ3v) is 2.35. The maximum absolute atomic E-state index is 11.9. The zero-order valence-electron chi connectivity index (χ0n) is 10.2. The Morgan fingerprint density at radius 1 is 1.37 bits per heavy atom. The Kier molecular flexibility index (Phi) is 5.17. The van der Waals surface area contributed by atoms with Crippen molar-refractivity contribution >= 4 is 5.91 Å². The van der Waals surface area contributed by atoms with Gasteiger partial charge in [-0.2, -0.15) is 13.2 Å². The van der Waals surface area contributed by atoms with Gasteiger partial charge in [-0.25, -0.2) is 0 Å². The van der Waals surface area contributed by atoms with Crippen molar-refractivity contribution in [3.05, 3.63) is 29.8 Å². The van der Waals surface area contributed by atoms with Crippen LogP contribution in [0.15, 0.2) is 24.3 Å². The fraction of sp³-hybridized carbons (Fsp3) is 0.417. The van der Waals surface area contributed by atoms with Crippen molar-refractivity contribution in [3.63, 3.8) is 0 Å². The summed E-state index contributed by atoms with van der Waals surface area (Å²) in [4.78, 5) is 10.9. The summed E-state index contributed by atoms with van der Waals surface area (Å²) in [6.45, 7) is -0.277. The number of ether oxygens (including phenoxy) is 1. The van der Waals surface area contributed by atoms with E-state index in [0.29, 0.717) is 11.3 Å². The van der Waals surface area contributed by atoms with Crippen LogP contribution in [0.4, 0.5) is 13.2 Å². The van der Waals surface area contributed by atoms with Crippen LogP contribution in [0.1, 0.15) is 18.1 Å². The molecule has 0 saturated carbocycles. The van der Waals surface area contributed by atoms with Crippen LogP contribution in [-0.4, -0.2) is 30.8 Å². The molecule has 0 saturated heterocycles. The van der Waals surface area contributed by atoms with Crippen LogP contribution in [0.3, 0.4) is 0 Å². The molecule has 0 radical (unpaired) electrons. The number of hydrogen-bond donors (Lipinski definition) is 2. The Balaban J connectivity index is 2.46. The van der Waals surface area contributed by atoms with Crippen molar-refractivity contribution in [3.8, 4) is 5.75 Å². The molecule has 1 aromatic carbocycles. The monoisotopic (exact) mass is 277 g/mol. The minimum absolute atomic E-state index is 0.277. The second-order valence-corrected chi connectivity index (χ2v) is 3.88. The highest BCUT2D eigenvalue weighted by Gasteiger charge is 2.31. The molecular weight excluding hydrogens is 263 g/mol. The van der Waals surface area contributed by atoms with Gasteiger partial charge < -0.3 is 15.2 Å². The number of carbonyl (C=O) groups excluding carboxylic acids is 1. The first-order valence-corrected chi connectivity index (χ1v) is 5.47. The Morgan fingerprint density at radius 2 is 1.95 bits per heavy atom. The van der Waals surface area contributed by atoms with E-state index in [1.165, 1.54) is 7.11 Å². The zero-order chi connectivity index (χ0) is 14.5. The van der Waals surface area contributed by atoms with Crippen LogP contribution >= 0.6 is 0 Å². The molecule has 0 aliphatic heterocycles. The molecule has 19 heavy (non-hydrogen) atoms. The van der Waals surface area contributed by atoms with E-state index in [1.807, 2.05) is 5.32 Å². The Labute approximate surface area is 108 Å². The molecule has 0 spiro atoms. The van der Waals surface area contributed by atoms with E-state index < -0.39 is 24.6 Å². The highest BCUT2D eigenvalue weighted by atomic mass is 19.4. The lowest BCUT2D eigenvalue weighted by Gasteiger charge is -2.13. The van der Waals surface area contributed by atoms with Crippen molar-refractivity contribution in [2.24, 2.45) is 0 Å². The highest BCUT2D eigenvalue weighted by molar-refractivity contribution is 5.76. The normalized spacial score (nSPS) is 12.9. The standard InChI is InChI=1S/C12H14F3NO3/c1-19-9-4-2-8(3-5-9)10(17)7-16-11(18)6-12(13,14)15/h2-5,10,17H,6-7H2,1H3,(H,16,18). The summed E-state index contributed by atoms with van der Waals surface area (Å²) in [5.41, 5.74) is 0.480. The fourth-order valence-electron chi connectivity index (χ4n) is 1.40. The van der Waals surface area contributed by atoms with Gasteiger partial charge in [0.05, 0.1) is 13.2 Å². The van der Waals surface area contributed by atoms with Crippen LogP contribution in [0, 0.1) is 0 Å². The minimum Gasteiger partial charge on any atom is -0.497 e. The molecule has 2 N–H and O–H groups in total. The predicted octanol–water partition coefficient (Wildman–Crippen LogP) is 1.80. The summed E-state index contributed by atoms with van der Waals surface area (Å²) >= 11 is 0. The third kappa shape index (κ3) is 5.60. The van der Waals surface area contributed by atoms with Crippen LogP contribution in [0.5, 0.6) is 5.75 Å².